The molecule has 1 aromatic heterocycles. The lowest BCUT2D eigenvalue weighted by atomic mass is 10.1. The van der Waals surface area contributed by atoms with E-state index in [1.807, 2.05) is 6.33 Å². The van der Waals surface area contributed by atoms with Gasteiger partial charge in [-0.25, -0.2) is 4.98 Å². The monoisotopic (exact) mass is 241 g/mol. The highest BCUT2D eigenvalue weighted by molar-refractivity contribution is 5.38. The van der Waals surface area contributed by atoms with E-state index in [1.54, 1.807) is 0 Å². The number of benzene rings is 1. The van der Waals surface area contributed by atoms with Gasteiger partial charge in [-0.1, -0.05) is 25.5 Å². The molecule has 3 nitrogen and oxygen atoms in total. The first-order valence-corrected chi connectivity index (χ1v) is 6.73. The zero-order valence-electron chi connectivity index (χ0n) is 10.8. The Balaban J connectivity index is 1.92. The molecule has 3 heteroatoms. The average molecular weight is 241 g/mol. The number of fused-ring (bicyclic) bond motifs is 1. The third-order valence-corrected chi connectivity index (χ3v) is 3.54. The van der Waals surface area contributed by atoms with Gasteiger partial charge in [-0.3, -0.25) is 0 Å². The molecule has 0 spiro atoms. The number of nitrogens with one attached hydrogen (secondary N) is 1. The van der Waals surface area contributed by atoms with Crippen molar-refractivity contribution >= 4 is 0 Å². The number of hydrogen-bond acceptors (Lipinski definition) is 2. The summed E-state index contributed by atoms with van der Waals surface area (Å²) in [7, 11) is 0. The lowest BCUT2D eigenvalue weighted by molar-refractivity contribution is 0.620. The summed E-state index contributed by atoms with van der Waals surface area (Å²) in [6.07, 6.45) is 5.37. The Hall–Kier alpha value is -1.61. The van der Waals surface area contributed by atoms with Crippen molar-refractivity contribution in [2.75, 3.05) is 6.54 Å². The van der Waals surface area contributed by atoms with Crippen LogP contribution in [0.2, 0.25) is 0 Å². The molecule has 0 saturated carbocycles. The van der Waals surface area contributed by atoms with Crippen molar-refractivity contribution < 1.29 is 0 Å². The van der Waals surface area contributed by atoms with E-state index in [-0.39, 0.29) is 0 Å². The van der Waals surface area contributed by atoms with E-state index in [4.69, 9.17) is 0 Å². The molecule has 0 amide bonds. The third-order valence-electron chi connectivity index (χ3n) is 3.54. The summed E-state index contributed by atoms with van der Waals surface area (Å²) in [5, 5.41) is 3.36. The summed E-state index contributed by atoms with van der Waals surface area (Å²) < 4.78 is 2.23. The van der Waals surface area contributed by atoms with E-state index in [0.29, 0.717) is 0 Å². The lowest BCUT2D eigenvalue weighted by Gasteiger charge is -2.15. The van der Waals surface area contributed by atoms with Crippen molar-refractivity contribution in [3.63, 3.8) is 0 Å². The third kappa shape index (κ3) is 2.06. The second-order valence-electron chi connectivity index (χ2n) is 4.85. The van der Waals surface area contributed by atoms with Crippen molar-refractivity contribution in [3.8, 4) is 5.69 Å². The second-order valence-corrected chi connectivity index (χ2v) is 4.85. The Bertz CT molecular complexity index is 525. The van der Waals surface area contributed by atoms with Crippen LogP contribution in [-0.2, 0) is 19.4 Å². The molecular weight excluding hydrogens is 222 g/mol. The predicted octanol–water partition coefficient (Wildman–Crippen LogP) is 2.47. The molecular formula is C15H19N3. The van der Waals surface area contributed by atoms with Crippen molar-refractivity contribution in [2.45, 2.75) is 32.7 Å². The summed E-state index contributed by atoms with van der Waals surface area (Å²) in [4.78, 5) is 4.49. The largest absolute Gasteiger partial charge is 0.311 e. The Morgan fingerprint density at radius 1 is 1.28 bits per heavy atom. The fourth-order valence-corrected chi connectivity index (χ4v) is 2.57. The van der Waals surface area contributed by atoms with Gasteiger partial charge in [-0.05, 0) is 24.1 Å². The minimum Gasteiger partial charge on any atom is -0.311 e. The Morgan fingerprint density at radius 3 is 2.89 bits per heavy atom. The Labute approximate surface area is 108 Å². The molecule has 3 rings (SSSR count). The predicted molar refractivity (Wildman–Crippen MR) is 73.0 cm³/mol. The van der Waals surface area contributed by atoms with E-state index >= 15 is 0 Å². The summed E-state index contributed by atoms with van der Waals surface area (Å²) >= 11 is 0. The van der Waals surface area contributed by atoms with Crippen molar-refractivity contribution in [3.05, 3.63) is 47.5 Å². The highest BCUT2D eigenvalue weighted by atomic mass is 15.1. The Kier molecular flexibility index (Phi) is 3.15. The maximum atomic E-state index is 4.49. The number of aryl methyl sites for hydroxylation is 1. The van der Waals surface area contributed by atoms with Crippen LogP contribution in [0.3, 0.4) is 0 Å². The first-order chi connectivity index (χ1) is 8.88. The van der Waals surface area contributed by atoms with Crippen LogP contribution >= 0.6 is 0 Å². The maximum Gasteiger partial charge on any atom is 0.0998 e. The molecule has 2 aromatic rings. The van der Waals surface area contributed by atoms with Crippen LogP contribution in [0.5, 0.6) is 0 Å². The Morgan fingerprint density at radius 2 is 2.11 bits per heavy atom. The topological polar surface area (TPSA) is 29.9 Å². The molecule has 0 fully saturated rings. The van der Waals surface area contributed by atoms with Crippen molar-refractivity contribution in [1.29, 1.82) is 0 Å². The van der Waals surface area contributed by atoms with Crippen LogP contribution < -0.4 is 5.32 Å². The van der Waals surface area contributed by atoms with E-state index in [1.165, 1.54) is 29.1 Å². The first kappa shape index (κ1) is 11.5. The molecule has 0 bridgehead atoms. The summed E-state index contributed by atoms with van der Waals surface area (Å²) in [6.45, 7) is 4.16. The number of imidazole rings is 1. The molecule has 0 atom stereocenters. The van der Waals surface area contributed by atoms with Crippen LogP contribution in [0, 0.1) is 0 Å². The molecule has 2 heterocycles. The van der Waals surface area contributed by atoms with Crippen LogP contribution in [0.4, 0.5) is 0 Å². The van der Waals surface area contributed by atoms with Gasteiger partial charge in [0.1, 0.15) is 0 Å². The normalized spacial score (nSPS) is 14.5. The molecule has 0 radical (unpaired) electrons. The van der Waals surface area contributed by atoms with Crippen LogP contribution in [0.25, 0.3) is 5.69 Å². The maximum absolute atomic E-state index is 4.49. The smallest absolute Gasteiger partial charge is 0.0998 e. The summed E-state index contributed by atoms with van der Waals surface area (Å²) in [6, 6.07) is 8.86. The van der Waals surface area contributed by atoms with Crippen LogP contribution in [0.1, 0.15) is 30.3 Å². The minimum atomic E-state index is 0.899. The quantitative estimate of drug-likeness (QED) is 0.894. The van der Waals surface area contributed by atoms with Crippen LogP contribution in [0.15, 0.2) is 30.6 Å². The van der Waals surface area contributed by atoms with Gasteiger partial charge in [-0.2, -0.15) is 0 Å². The fourth-order valence-electron chi connectivity index (χ4n) is 2.57. The number of aromatic nitrogens is 2. The SMILES string of the molecule is CCCc1ccc(-n2cnc3c2CCNC3)cc1. The standard InChI is InChI=1S/C15H19N3/c1-2-3-12-4-6-13(7-5-12)18-11-17-14-10-16-9-8-15(14)18/h4-7,11,16H,2-3,8-10H2,1H3. The average Bonchev–Trinajstić information content (AvgIpc) is 2.84. The van der Waals surface area contributed by atoms with Gasteiger partial charge in [0.25, 0.3) is 0 Å². The van der Waals surface area contributed by atoms with E-state index < -0.39 is 0 Å². The lowest BCUT2D eigenvalue weighted by Crippen LogP contribution is -2.24. The number of rotatable bonds is 3. The van der Waals surface area contributed by atoms with Gasteiger partial charge >= 0.3 is 0 Å². The highest BCUT2D eigenvalue weighted by Crippen LogP contribution is 2.18. The van der Waals surface area contributed by atoms with E-state index in [9.17, 15) is 0 Å². The molecule has 1 aliphatic heterocycles. The summed E-state index contributed by atoms with van der Waals surface area (Å²) in [5.74, 6) is 0. The van der Waals surface area contributed by atoms with Gasteiger partial charge in [0.2, 0.25) is 0 Å². The van der Waals surface area contributed by atoms with Crippen LogP contribution in [-0.4, -0.2) is 16.1 Å². The molecule has 1 aromatic carbocycles. The van der Waals surface area contributed by atoms with Gasteiger partial charge < -0.3 is 9.88 Å². The fraction of sp³-hybridized carbons (Fsp3) is 0.400. The number of hydrogen-bond donors (Lipinski definition) is 1. The van der Waals surface area contributed by atoms with Gasteiger partial charge in [0.15, 0.2) is 0 Å². The van der Waals surface area contributed by atoms with Gasteiger partial charge in [0.05, 0.1) is 12.0 Å². The van der Waals surface area contributed by atoms with Gasteiger partial charge in [-0.15, -0.1) is 0 Å². The zero-order chi connectivity index (χ0) is 12.4. The molecule has 1 aliphatic rings. The van der Waals surface area contributed by atoms with Crippen molar-refractivity contribution in [1.82, 2.24) is 14.9 Å². The first-order valence-electron chi connectivity index (χ1n) is 6.73. The molecule has 94 valence electrons. The summed E-state index contributed by atoms with van der Waals surface area (Å²) in [5.41, 5.74) is 5.19. The molecule has 18 heavy (non-hydrogen) atoms. The minimum absolute atomic E-state index is 0.899. The number of nitrogens with zero attached hydrogens (tertiary/aromatic N) is 2. The second kappa shape index (κ2) is 4.94. The molecule has 0 aliphatic carbocycles. The van der Waals surface area contributed by atoms with Gasteiger partial charge in [0, 0.05) is 30.9 Å². The highest BCUT2D eigenvalue weighted by Gasteiger charge is 2.15. The molecule has 0 saturated heterocycles. The van der Waals surface area contributed by atoms with E-state index in [0.717, 1.165) is 25.9 Å². The zero-order valence-corrected chi connectivity index (χ0v) is 10.8. The molecule has 0 unspecified atom stereocenters. The molecule has 1 N–H and O–H groups in total. The van der Waals surface area contributed by atoms with Crippen molar-refractivity contribution in [2.24, 2.45) is 0 Å². The van der Waals surface area contributed by atoms with E-state index in [2.05, 4.69) is 46.1 Å².